The van der Waals surface area contributed by atoms with Crippen LogP contribution in [0.1, 0.15) is 11.1 Å². The zero-order valence-electron chi connectivity index (χ0n) is 21.7. The van der Waals surface area contributed by atoms with Crippen molar-refractivity contribution in [2.45, 2.75) is 22.2 Å². The van der Waals surface area contributed by atoms with Gasteiger partial charge in [-0.25, -0.2) is 29.5 Å². The van der Waals surface area contributed by atoms with E-state index in [1.165, 1.54) is 23.5 Å². The second-order valence-electron chi connectivity index (χ2n) is 8.12. The number of anilines is 4. The molecule has 212 valence electrons. The third kappa shape index (κ3) is 8.01. The number of rotatable bonds is 6. The van der Waals surface area contributed by atoms with E-state index < -0.39 is 6.03 Å². The van der Waals surface area contributed by atoms with Gasteiger partial charge in [0, 0.05) is 28.9 Å². The predicted molar refractivity (Wildman–Crippen MR) is 171 cm³/mol. The number of carbonyl (C=O) groups is 2. The molecule has 0 unspecified atom stereocenters. The standard InChI is InChI=1S/C13H12BrClN4OS.C13H11ClN4OS/c1-21-13-16-7-8(6-14)11(19-13)18-12(20)17-10-5-3-2-4-9(10)15;1-20-12-15-6-8-7-18(13(19)17-11(8)16-12)10-5-3-2-4-9(10)14/h2-5,7H,6H2,1H3,(H2,16,17,18,19,20);2-6H,7H2,1H3,(H,15,16,17,19). The Morgan fingerprint density at radius 3 is 2.32 bits per heavy atom. The van der Waals surface area contributed by atoms with Crippen LogP contribution < -0.4 is 20.9 Å². The zero-order chi connectivity index (χ0) is 29.4. The summed E-state index contributed by atoms with van der Waals surface area (Å²) in [7, 11) is 0. The van der Waals surface area contributed by atoms with E-state index in [1.54, 1.807) is 47.6 Å². The van der Waals surface area contributed by atoms with E-state index in [0.29, 0.717) is 55.2 Å². The minimum atomic E-state index is -0.406. The Morgan fingerprint density at radius 1 is 0.976 bits per heavy atom. The van der Waals surface area contributed by atoms with E-state index in [0.717, 1.165) is 11.1 Å². The predicted octanol–water partition coefficient (Wildman–Crippen LogP) is 7.79. The summed E-state index contributed by atoms with van der Waals surface area (Å²) in [6.07, 6.45) is 7.18. The van der Waals surface area contributed by atoms with Crippen LogP contribution in [-0.2, 0) is 11.9 Å². The molecule has 0 spiro atoms. The molecule has 3 N–H and O–H groups in total. The second-order valence-corrected chi connectivity index (χ2v) is 11.0. The lowest BCUT2D eigenvalue weighted by Crippen LogP contribution is -2.39. The number of nitrogens with zero attached hydrogens (tertiary/aromatic N) is 5. The maximum absolute atomic E-state index is 12.2. The molecule has 5 rings (SSSR count). The molecule has 0 saturated carbocycles. The van der Waals surface area contributed by atoms with Crippen LogP contribution in [0.4, 0.5) is 32.6 Å². The number of hydrogen-bond donors (Lipinski definition) is 3. The maximum atomic E-state index is 12.2. The first-order valence-corrected chi connectivity index (χ1v) is 16.2. The summed E-state index contributed by atoms with van der Waals surface area (Å²) >= 11 is 18.3. The van der Waals surface area contributed by atoms with Crippen molar-refractivity contribution in [1.82, 2.24) is 19.9 Å². The third-order valence-electron chi connectivity index (χ3n) is 5.49. The van der Waals surface area contributed by atoms with Gasteiger partial charge in [-0.2, -0.15) is 0 Å². The molecule has 1 aliphatic rings. The Labute approximate surface area is 263 Å². The molecule has 2 aromatic carbocycles. The number of nitrogens with one attached hydrogen (secondary N) is 3. The van der Waals surface area contributed by atoms with E-state index in [-0.39, 0.29) is 6.03 Å². The average Bonchev–Trinajstić information content (AvgIpc) is 2.98. The van der Waals surface area contributed by atoms with Crippen molar-refractivity contribution in [2.75, 3.05) is 33.4 Å². The molecule has 41 heavy (non-hydrogen) atoms. The molecule has 0 bridgehead atoms. The first kappa shape index (κ1) is 30.8. The minimum Gasteiger partial charge on any atom is -0.306 e. The van der Waals surface area contributed by atoms with Gasteiger partial charge in [-0.3, -0.25) is 15.5 Å². The van der Waals surface area contributed by atoms with Gasteiger partial charge in [0.1, 0.15) is 11.6 Å². The van der Waals surface area contributed by atoms with Gasteiger partial charge in [0.25, 0.3) is 0 Å². The molecule has 0 fully saturated rings. The molecule has 0 radical (unpaired) electrons. The van der Waals surface area contributed by atoms with Crippen molar-refractivity contribution in [2.24, 2.45) is 0 Å². The first-order chi connectivity index (χ1) is 19.8. The van der Waals surface area contributed by atoms with Crippen molar-refractivity contribution >= 4 is 97.7 Å². The SMILES string of the molecule is CSc1ncc(CBr)c(NC(=O)Nc2ccccc2Cl)n1.CSc1ncc2c(n1)NC(=O)N(c1ccccc1Cl)C2. The molecular weight excluding hydrogens is 671 g/mol. The smallest absolute Gasteiger partial charge is 0.306 e. The zero-order valence-corrected chi connectivity index (χ0v) is 26.4. The van der Waals surface area contributed by atoms with Gasteiger partial charge in [-0.15, -0.1) is 0 Å². The van der Waals surface area contributed by atoms with E-state index in [1.807, 2.05) is 30.7 Å². The fourth-order valence-corrected chi connectivity index (χ4v) is 5.02. The largest absolute Gasteiger partial charge is 0.327 e. The van der Waals surface area contributed by atoms with Crippen molar-refractivity contribution < 1.29 is 9.59 Å². The van der Waals surface area contributed by atoms with Gasteiger partial charge in [-0.1, -0.05) is 86.9 Å². The Morgan fingerprint density at radius 2 is 1.63 bits per heavy atom. The van der Waals surface area contributed by atoms with Crippen LogP contribution in [0.3, 0.4) is 0 Å². The highest BCUT2D eigenvalue weighted by Gasteiger charge is 2.26. The summed E-state index contributed by atoms with van der Waals surface area (Å²) in [6, 6.07) is 13.6. The van der Waals surface area contributed by atoms with Crippen LogP contribution in [0.5, 0.6) is 0 Å². The van der Waals surface area contributed by atoms with Gasteiger partial charge < -0.3 is 5.32 Å². The number of benzene rings is 2. The Hall–Kier alpha value is -3.10. The second kappa shape index (κ2) is 14.7. The maximum Gasteiger partial charge on any atom is 0.327 e. The first-order valence-electron chi connectivity index (χ1n) is 11.8. The lowest BCUT2D eigenvalue weighted by atomic mass is 10.2. The van der Waals surface area contributed by atoms with E-state index >= 15 is 0 Å². The molecule has 3 heterocycles. The molecule has 4 amide bonds. The lowest BCUT2D eigenvalue weighted by molar-refractivity contribution is 0.255. The van der Waals surface area contributed by atoms with E-state index in [9.17, 15) is 9.59 Å². The van der Waals surface area contributed by atoms with Crippen molar-refractivity contribution in [1.29, 1.82) is 0 Å². The number of hydrogen-bond acceptors (Lipinski definition) is 8. The molecule has 1 aliphatic heterocycles. The Balaban J connectivity index is 0.000000189. The van der Waals surface area contributed by atoms with Crippen LogP contribution in [-0.4, -0.2) is 44.5 Å². The van der Waals surface area contributed by atoms with Crippen molar-refractivity contribution in [3.63, 3.8) is 0 Å². The van der Waals surface area contributed by atoms with Crippen LogP contribution in [0.2, 0.25) is 10.0 Å². The van der Waals surface area contributed by atoms with E-state index in [4.69, 9.17) is 23.2 Å². The number of aromatic nitrogens is 4. The molecule has 2 aromatic heterocycles. The summed E-state index contributed by atoms with van der Waals surface area (Å²) in [4.78, 5) is 42.8. The van der Waals surface area contributed by atoms with Crippen molar-refractivity contribution in [3.05, 3.63) is 82.1 Å². The van der Waals surface area contributed by atoms with Crippen LogP contribution in [0.15, 0.2) is 71.2 Å². The quantitative estimate of drug-likeness (QED) is 0.106. The Bertz CT molecular complexity index is 1570. The summed E-state index contributed by atoms with van der Waals surface area (Å²) in [5.41, 5.74) is 2.87. The molecule has 0 aliphatic carbocycles. The van der Waals surface area contributed by atoms with Crippen molar-refractivity contribution in [3.8, 4) is 0 Å². The molecule has 15 heteroatoms. The topological polar surface area (TPSA) is 125 Å². The number of carbonyl (C=O) groups excluding carboxylic acids is 2. The highest BCUT2D eigenvalue weighted by atomic mass is 79.9. The summed E-state index contributed by atoms with van der Waals surface area (Å²) in [5.74, 6) is 1.04. The third-order valence-corrected chi connectivity index (χ3v) is 7.87. The molecule has 0 atom stereocenters. The van der Waals surface area contributed by atoms with Gasteiger partial charge in [0.15, 0.2) is 10.3 Å². The summed E-state index contributed by atoms with van der Waals surface area (Å²) < 4.78 is 0. The number of para-hydroxylation sites is 2. The monoisotopic (exact) mass is 692 g/mol. The van der Waals surface area contributed by atoms with Gasteiger partial charge in [-0.05, 0) is 36.8 Å². The molecule has 10 nitrogen and oxygen atoms in total. The lowest BCUT2D eigenvalue weighted by Gasteiger charge is -2.29. The highest BCUT2D eigenvalue weighted by molar-refractivity contribution is 9.08. The Kier molecular flexibility index (Phi) is 11.1. The fraction of sp³-hybridized carbons (Fsp3) is 0.154. The fourth-order valence-electron chi connectivity index (χ4n) is 3.51. The normalized spacial score (nSPS) is 12.0. The number of thioether (sulfide) groups is 2. The number of halogens is 3. The highest BCUT2D eigenvalue weighted by Crippen LogP contribution is 2.31. The summed E-state index contributed by atoms with van der Waals surface area (Å²) in [5, 5.41) is 10.9. The number of fused-ring (bicyclic) bond motifs is 1. The van der Waals surface area contributed by atoms with Crippen LogP contribution in [0, 0.1) is 0 Å². The number of amides is 4. The number of urea groups is 2. The van der Waals surface area contributed by atoms with Gasteiger partial charge in [0.2, 0.25) is 0 Å². The van der Waals surface area contributed by atoms with E-state index in [2.05, 4.69) is 51.8 Å². The van der Waals surface area contributed by atoms with Crippen LogP contribution >= 0.6 is 62.7 Å². The molecular formula is C26H23BrCl2N8O2S2. The number of alkyl halides is 1. The summed E-state index contributed by atoms with van der Waals surface area (Å²) in [6.45, 7) is 0.402. The molecule has 0 saturated heterocycles. The van der Waals surface area contributed by atoms with Gasteiger partial charge >= 0.3 is 12.1 Å². The molecule has 4 aromatic rings. The van der Waals surface area contributed by atoms with Gasteiger partial charge in [0.05, 0.1) is 28.0 Å². The average molecular weight is 694 g/mol. The van der Waals surface area contributed by atoms with Crippen LogP contribution in [0.25, 0.3) is 0 Å². The minimum absolute atomic E-state index is 0.239.